The zero-order valence-corrected chi connectivity index (χ0v) is 11.7. The van der Waals surface area contributed by atoms with E-state index in [1.165, 1.54) is 6.42 Å². The highest BCUT2D eigenvalue weighted by Gasteiger charge is 2.32. The van der Waals surface area contributed by atoms with Gasteiger partial charge in [-0.1, -0.05) is 33.1 Å². The Bertz CT molecular complexity index is 485. The third-order valence-corrected chi connectivity index (χ3v) is 4.42. The second-order valence-electron chi connectivity index (χ2n) is 5.81. The Morgan fingerprint density at radius 2 is 1.89 bits per heavy atom. The Hall–Kier alpha value is -1.51. The molecule has 0 bridgehead atoms. The second kappa shape index (κ2) is 5.24. The van der Waals surface area contributed by atoms with Crippen molar-refractivity contribution in [3.8, 4) is 5.75 Å². The lowest BCUT2D eigenvalue weighted by Crippen LogP contribution is -2.26. The van der Waals surface area contributed by atoms with Crippen LogP contribution in [0, 0.1) is 0 Å². The van der Waals surface area contributed by atoms with Crippen LogP contribution >= 0.6 is 0 Å². The monoisotopic (exact) mass is 262 g/mol. The van der Waals surface area contributed by atoms with Gasteiger partial charge in [-0.15, -0.1) is 0 Å². The molecule has 0 radical (unpaired) electrons. The molecule has 0 unspecified atom stereocenters. The standard InChI is InChI=1S/C16H22O3/c1-3-11-9-12(15(18)19)10-13(14(11)17)16(2)7-5-4-6-8-16/h9-10,17H,3-8H2,1-2H3,(H,18,19). The van der Waals surface area contributed by atoms with Crippen molar-refractivity contribution in [1.29, 1.82) is 0 Å². The summed E-state index contributed by atoms with van der Waals surface area (Å²) in [4.78, 5) is 11.2. The molecule has 2 rings (SSSR count). The fourth-order valence-corrected chi connectivity index (χ4v) is 3.15. The number of benzene rings is 1. The molecule has 19 heavy (non-hydrogen) atoms. The third-order valence-electron chi connectivity index (χ3n) is 4.42. The largest absolute Gasteiger partial charge is 0.507 e. The molecule has 0 aromatic heterocycles. The van der Waals surface area contributed by atoms with Crippen molar-refractivity contribution >= 4 is 5.97 Å². The summed E-state index contributed by atoms with van der Waals surface area (Å²) < 4.78 is 0. The number of hydrogen-bond donors (Lipinski definition) is 2. The van der Waals surface area contributed by atoms with Crippen molar-refractivity contribution < 1.29 is 15.0 Å². The minimum Gasteiger partial charge on any atom is -0.507 e. The predicted molar refractivity (Wildman–Crippen MR) is 74.9 cm³/mol. The van der Waals surface area contributed by atoms with Gasteiger partial charge in [-0.25, -0.2) is 4.79 Å². The summed E-state index contributed by atoms with van der Waals surface area (Å²) in [5.41, 5.74) is 1.76. The van der Waals surface area contributed by atoms with Crippen molar-refractivity contribution in [3.05, 3.63) is 28.8 Å². The molecule has 1 aliphatic rings. The SMILES string of the molecule is CCc1cc(C(=O)O)cc(C2(C)CCCCC2)c1O. The van der Waals surface area contributed by atoms with Gasteiger partial charge in [-0.05, 0) is 42.4 Å². The summed E-state index contributed by atoms with van der Waals surface area (Å²) in [6, 6.07) is 3.26. The molecule has 1 aromatic carbocycles. The number of aryl methyl sites for hydroxylation is 1. The zero-order valence-electron chi connectivity index (χ0n) is 11.7. The molecule has 104 valence electrons. The minimum atomic E-state index is -0.921. The van der Waals surface area contributed by atoms with E-state index in [1.54, 1.807) is 12.1 Å². The average molecular weight is 262 g/mol. The summed E-state index contributed by atoms with van der Waals surface area (Å²) in [6.45, 7) is 4.08. The number of aromatic carboxylic acids is 1. The Balaban J connectivity index is 2.54. The van der Waals surface area contributed by atoms with Gasteiger partial charge in [-0.3, -0.25) is 0 Å². The third kappa shape index (κ3) is 2.60. The van der Waals surface area contributed by atoms with Crippen LogP contribution in [0.2, 0.25) is 0 Å². The van der Waals surface area contributed by atoms with Crippen LogP contribution in [-0.4, -0.2) is 16.2 Å². The highest BCUT2D eigenvalue weighted by Crippen LogP contribution is 2.44. The number of phenols is 1. The summed E-state index contributed by atoms with van der Waals surface area (Å²) in [5.74, 6) is -0.618. The molecule has 1 aromatic rings. The number of phenolic OH excluding ortho intramolecular Hbond substituents is 1. The van der Waals surface area contributed by atoms with Crippen molar-refractivity contribution in [1.82, 2.24) is 0 Å². The molecule has 1 aliphatic carbocycles. The number of carbonyl (C=O) groups is 1. The van der Waals surface area contributed by atoms with Gasteiger partial charge in [0.15, 0.2) is 0 Å². The first-order chi connectivity index (χ1) is 8.98. The number of rotatable bonds is 3. The molecule has 3 heteroatoms. The van der Waals surface area contributed by atoms with Crippen molar-refractivity contribution in [2.75, 3.05) is 0 Å². The fourth-order valence-electron chi connectivity index (χ4n) is 3.15. The van der Waals surface area contributed by atoms with E-state index < -0.39 is 5.97 Å². The van der Waals surface area contributed by atoms with E-state index in [4.69, 9.17) is 0 Å². The van der Waals surface area contributed by atoms with E-state index in [-0.39, 0.29) is 11.0 Å². The summed E-state index contributed by atoms with van der Waals surface area (Å²) >= 11 is 0. The summed E-state index contributed by atoms with van der Waals surface area (Å²) in [6.07, 6.45) is 6.22. The number of aromatic hydroxyl groups is 1. The number of carboxylic acids is 1. The van der Waals surface area contributed by atoms with E-state index in [0.29, 0.717) is 12.2 Å². The van der Waals surface area contributed by atoms with E-state index in [0.717, 1.165) is 36.8 Å². The van der Waals surface area contributed by atoms with Gasteiger partial charge in [-0.2, -0.15) is 0 Å². The van der Waals surface area contributed by atoms with Crippen LogP contribution in [0.5, 0.6) is 5.75 Å². The Morgan fingerprint density at radius 3 is 2.42 bits per heavy atom. The minimum absolute atomic E-state index is 0.0856. The fraction of sp³-hybridized carbons (Fsp3) is 0.562. The number of hydrogen-bond acceptors (Lipinski definition) is 2. The molecule has 1 saturated carbocycles. The highest BCUT2D eigenvalue weighted by molar-refractivity contribution is 5.88. The maximum atomic E-state index is 11.2. The molecule has 0 atom stereocenters. The van der Waals surface area contributed by atoms with Crippen LogP contribution in [0.1, 0.15) is 67.4 Å². The van der Waals surface area contributed by atoms with Gasteiger partial charge in [0, 0.05) is 5.56 Å². The lowest BCUT2D eigenvalue weighted by atomic mass is 9.70. The normalized spacial score (nSPS) is 18.2. The number of carboxylic acid groups (broad SMARTS) is 1. The van der Waals surface area contributed by atoms with E-state index in [2.05, 4.69) is 6.92 Å². The maximum Gasteiger partial charge on any atom is 0.335 e. The maximum absolute atomic E-state index is 11.2. The quantitative estimate of drug-likeness (QED) is 0.869. The molecule has 0 saturated heterocycles. The first-order valence-electron chi connectivity index (χ1n) is 7.07. The van der Waals surface area contributed by atoms with E-state index >= 15 is 0 Å². The van der Waals surface area contributed by atoms with Gasteiger partial charge in [0.25, 0.3) is 0 Å². The van der Waals surface area contributed by atoms with Gasteiger partial charge < -0.3 is 10.2 Å². The first kappa shape index (κ1) is 13.9. The van der Waals surface area contributed by atoms with Crippen LogP contribution in [-0.2, 0) is 11.8 Å². The molecule has 1 fully saturated rings. The lowest BCUT2D eigenvalue weighted by Gasteiger charge is -2.35. The summed E-state index contributed by atoms with van der Waals surface area (Å²) in [5, 5.41) is 19.6. The van der Waals surface area contributed by atoms with Gasteiger partial charge in [0.1, 0.15) is 5.75 Å². The Morgan fingerprint density at radius 1 is 1.26 bits per heavy atom. The van der Waals surface area contributed by atoms with E-state index in [1.807, 2.05) is 6.92 Å². The molecule has 0 amide bonds. The Labute approximate surface area is 114 Å². The van der Waals surface area contributed by atoms with Crippen LogP contribution in [0.25, 0.3) is 0 Å². The van der Waals surface area contributed by atoms with Gasteiger partial charge >= 0.3 is 5.97 Å². The molecule has 2 N–H and O–H groups in total. The van der Waals surface area contributed by atoms with Crippen molar-refractivity contribution in [3.63, 3.8) is 0 Å². The van der Waals surface area contributed by atoms with Crippen LogP contribution in [0.4, 0.5) is 0 Å². The van der Waals surface area contributed by atoms with E-state index in [9.17, 15) is 15.0 Å². The topological polar surface area (TPSA) is 57.5 Å². The first-order valence-corrected chi connectivity index (χ1v) is 7.07. The molecule has 0 aliphatic heterocycles. The Kier molecular flexibility index (Phi) is 3.83. The van der Waals surface area contributed by atoms with Crippen molar-refractivity contribution in [2.45, 2.75) is 57.8 Å². The van der Waals surface area contributed by atoms with Crippen LogP contribution in [0.3, 0.4) is 0 Å². The van der Waals surface area contributed by atoms with Crippen LogP contribution in [0.15, 0.2) is 12.1 Å². The van der Waals surface area contributed by atoms with Gasteiger partial charge in [0.2, 0.25) is 0 Å². The predicted octanol–water partition coefficient (Wildman–Crippen LogP) is 3.87. The molecular formula is C16H22O3. The van der Waals surface area contributed by atoms with Crippen molar-refractivity contribution in [2.24, 2.45) is 0 Å². The highest BCUT2D eigenvalue weighted by atomic mass is 16.4. The van der Waals surface area contributed by atoms with Gasteiger partial charge in [0.05, 0.1) is 5.56 Å². The zero-order chi connectivity index (χ0) is 14.0. The van der Waals surface area contributed by atoms with Crippen LogP contribution < -0.4 is 0 Å². The molecular weight excluding hydrogens is 240 g/mol. The average Bonchev–Trinajstić information content (AvgIpc) is 2.39. The molecule has 3 nitrogen and oxygen atoms in total. The molecule has 0 spiro atoms. The second-order valence-corrected chi connectivity index (χ2v) is 5.81. The smallest absolute Gasteiger partial charge is 0.335 e. The lowest BCUT2D eigenvalue weighted by molar-refractivity contribution is 0.0696. The molecule has 0 heterocycles. The summed E-state index contributed by atoms with van der Waals surface area (Å²) in [7, 11) is 0.